The maximum absolute atomic E-state index is 13.3. The third-order valence-electron chi connectivity index (χ3n) is 7.36. The van der Waals surface area contributed by atoms with E-state index in [-0.39, 0.29) is 11.3 Å². The van der Waals surface area contributed by atoms with E-state index >= 15 is 0 Å². The molecule has 246 valence electrons. The van der Waals surface area contributed by atoms with Crippen LogP contribution < -0.4 is 25.7 Å². The van der Waals surface area contributed by atoms with Crippen molar-refractivity contribution in [3.63, 3.8) is 0 Å². The van der Waals surface area contributed by atoms with Gasteiger partial charge in [0.1, 0.15) is 18.2 Å². The maximum atomic E-state index is 13.3. The number of aryl methyl sites for hydroxylation is 2. The maximum Gasteiger partial charge on any atom is 0.324 e. The van der Waals surface area contributed by atoms with Crippen LogP contribution in [0.15, 0.2) is 96.4 Å². The molecule has 4 rings (SSSR count). The molecule has 47 heavy (non-hydrogen) atoms. The van der Waals surface area contributed by atoms with E-state index in [0.717, 1.165) is 45.3 Å². The van der Waals surface area contributed by atoms with Gasteiger partial charge in [-0.05, 0) is 60.2 Å². The lowest BCUT2D eigenvalue weighted by Crippen LogP contribution is -2.35. The number of carbonyl (C=O) groups excluding carboxylic acids is 2. The SMILES string of the molecule is C=C(NC(=O)Nc1ccc(OCc2ccc(CC)c(NC(=O)C(C)(C)C)c2)c2ccccc12)N(N=CC(C)(C)C)c1ccc(C)cc1. The van der Waals surface area contributed by atoms with E-state index in [9.17, 15) is 9.59 Å². The molecule has 0 aliphatic heterocycles. The minimum Gasteiger partial charge on any atom is -0.488 e. The lowest BCUT2D eigenvalue weighted by atomic mass is 9.95. The first kappa shape index (κ1) is 34.8. The summed E-state index contributed by atoms with van der Waals surface area (Å²) >= 11 is 0. The Bertz CT molecular complexity index is 1780. The van der Waals surface area contributed by atoms with E-state index in [1.165, 1.54) is 0 Å². The highest BCUT2D eigenvalue weighted by Crippen LogP contribution is 2.33. The smallest absolute Gasteiger partial charge is 0.324 e. The average Bonchev–Trinajstić information content (AvgIpc) is 3.00. The van der Waals surface area contributed by atoms with Gasteiger partial charge in [-0.15, -0.1) is 0 Å². The summed E-state index contributed by atoms with van der Waals surface area (Å²) in [6, 6.07) is 24.9. The summed E-state index contributed by atoms with van der Waals surface area (Å²) in [7, 11) is 0. The number of fused-ring (bicyclic) bond motifs is 1. The first-order valence-electron chi connectivity index (χ1n) is 15.9. The zero-order valence-corrected chi connectivity index (χ0v) is 28.8. The summed E-state index contributed by atoms with van der Waals surface area (Å²) < 4.78 is 6.30. The minimum atomic E-state index is -0.503. The lowest BCUT2D eigenvalue weighted by Gasteiger charge is -2.24. The van der Waals surface area contributed by atoms with Gasteiger partial charge >= 0.3 is 6.03 Å². The number of nitrogens with zero attached hydrogens (tertiary/aromatic N) is 2. The molecule has 0 aliphatic rings. The summed E-state index contributed by atoms with van der Waals surface area (Å²) in [5, 5.41) is 16.8. The molecule has 0 aliphatic carbocycles. The molecule has 0 radical (unpaired) electrons. The standard InChI is InChI=1S/C39H47N5O3/c1-10-29-18-17-28(23-34(29)42-36(45)39(7,8)9)24-47-35-22-21-33(31-13-11-12-14-32(31)35)43-37(46)41-27(3)44(40-25-38(4,5)6)30-19-15-26(2)16-20-30/h11-23,25H,3,10,24H2,1-2,4-9H3,(H,42,45)(H2,41,43,46). The number of ether oxygens (including phenoxy) is 1. The van der Waals surface area contributed by atoms with Crippen LogP contribution in [0, 0.1) is 17.8 Å². The molecule has 8 nitrogen and oxygen atoms in total. The Labute approximate surface area is 278 Å². The molecule has 0 aromatic heterocycles. The van der Waals surface area contributed by atoms with E-state index in [0.29, 0.717) is 23.9 Å². The van der Waals surface area contributed by atoms with E-state index in [1.54, 1.807) is 5.01 Å². The first-order valence-corrected chi connectivity index (χ1v) is 15.9. The quantitative estimate of drug-likeness (QED) is 0.120. The van der Waals surface area contributed by atoms with Crippen LogP contribution >= 0.6 is 0 Å². The largest absolute Gasteiger partial charge is 0.488 e. The average molecular weight is 634 g/mol. The van der Waals surface area contributed by atoms with Crippen LogP contribution in [0.3, 0.4) is 0 Å². The van der Waals surface area contributed by atoms with Crippen LogP contribution in [0.5, 0.6) is 5.75 Å². The lowest BCUT2D eigenvalue weighted by molar-refractivity contribution is -0.123. The van der Waals surface area contributed by atoms with Crippen molar-refractivity contribution >= 4 is 46.0 Å². The molecule has 0 saturated heterocycles. The summed E-state index contributed by atoms with van der Waals surface area (Å²) in [6.07, 6.45) is 2.62. The normalized spacial score (nSPS) is 11.7. The molecule has 0 unspecified atom stereocenters. The highest BCUT2D eigenvalue weighted by Gasteiger charge is 2.22. The Kier molecular flexibility index (Phi) is 10.8. The van der Waals surface area contributed by atoms with Crippen molar-refractivity contribution in [2.24, 2.45) is 15.9 Å². The van der Waals surface area contributed by atoms with E-state index < -0.39 is 11.4 Å². The third kappa shape index (κ3) is 9.45. The number of hydrazone groups is 1. The first-order chi connectivity index (χ1) is 22.1. The van der Waals surface area contributed by atoms with Crippen molar-refractivity contribution in [1.82, 2.24) is 5.32 Å². The number of benzene rings is 4. The van der Waals surface area contributed by atoms with Crippen LogP contribution in [0.1, 0.15) is 65.2 Å². The zero-order chi connectivity index (χ0) is 34.4. The van der Waals surface area contributed by atoms with Crippen LogP contribution in [-0.2, 0) is 17.8 Å². The number of rotatable bonds is 10. The number of amides is 3. The molecule has 4 aromatic carbocycles. The molecule has 0 bridgehead atoms. The van der Waals surface area contributed by atoms with E-state index in [1.807, 2.05) is 113 Å². The molecule has 0 spiro atoms. The number of hydrogen-bond acceptors (Lipinski definition) is 5. The molecule has 3 amide bonds. The highest BCUT2D eigenvalue weighted by atomic mass is 16.5. The molecule has 0 heterocycles. The van der Waals surface area contributed by atoms with Crippen molar-refractivity contribution in [1.29, 1.82) is 0 Å². The van der Waals surface area contributed by atoms with Crippen LogP contribution in [0.4, 0.5) is 21.9 Å². The summed E-state index contributed by atoms with van der Waals surface area (Å²) in [4.78, 5) is 25.9. The fourth-order valence-corrected chi connectivity index (χ4v) is 4.66. The summed E-state index contributed by atoms with van der Waals surface area (Å²) in [6.45, 7) is 20.3. The van der Waals surface area contributed by atoms with Crippen molar-refractivity contribution < 1.29 is 14.3 Å². The van der Waals surface area contributed by atoms with Crippen LogP contribution in [0.25, 0.3) is 10.8 Å². The van der Waals surface area contributed by atoms with Gasteiger partial charge in [-0.25, -0.2) is 9.80 Å². The van der Waals surface area contributed by atoms with E-state index in [2.05, 4.69) is 55.3 Å². The second kappa shape index (κ2) is 14.5. The van der Waals surface area contributed by atoms with Gasteiger partial charge in [0.15, 0.2) is 0 Å². The molecular formula is C39H47N5O3. The minimum absolute atomic E-state index is 0.0348. The number of urea groups is 1. The predicted molar refractivity (Wildman–Crippen MR) is 195 cm³/mol. The fourth-order valence-electron chi connectivity index (χ4n) is 4.66. The van der Waals surface area contributed by atoms with Crippen LogP contribution in [0.2, 0.25) is 0 Å². The van der Waals surface area contributed by atoms with Gasteiger partial charge in [0.2, 0.25) is 5.91 Å². The topological polar surface area (TPSA) is 95.1 Å². The second-order valence-corrected chi connectivity index (χ2v) is 13.8. The monoisotopic (exact) mass is 633 g/mol. The van der Waals surface area contributed by atoms with E-state index in [4.69, 9.17) is 4.74 Å². The van der Waals surface area contributed by atoms with Gasteiger partial charge in [-0.2, -0.15) is 5.10 Å². The van der Waals surface area contributed by atoms with Crippen molar-refractivity contribution in [2.75, 3.05) is 15.6 Å². The molecule has 0 saturated carbocycles. The fraction of sp³-hybridized carbons (Fsp3) is 0.308. The van der Waals surface area contributed by atoms with Gasteiger partial charge < -0.3 is 15.4 Å². The van der Waals surface area contributed by atoms with Crippen molar-refractivity contribution in [2.45, 2.75) is 68.4 Å². The van der Waals surface area contributed by atoms with Gasteiger partial charge in [-0.1, -0.05) is 109 Å². The molecule has 0 atom stereocenters. The Morgan fingerprint density at radius 1 is 0.872 bits per heavy atom. The molecule has 0 fully saturated rings. The zero-order valence-electron chi connectivity index (χ0n) is 28.8. The summed E-state index contributed by atoms with van der Waals surface area (Å²) in [5.74, 6) is 0.952. The highest BCUT2D eigenvalue weighted by molar-refractivity contribution is 6.04. The Hall–Kier alpha value is -5.11. The predicted octanol–water partition coefficient (Wildman–Crippen LogP) is 9.41. The Morgan fingerprint density at radius 3 is 2.19 bits per heavy atom. The molecule has 4 aromatic rings. The third-order valence-corrected chi connectivity index (χ3v) is 7.36. The Balaban J connectivity index is 1.50. The van der Waals surface area contributed by atoms with Crippen molar-refractivity contribution in [3.8, 4) is 5.75 Å². The number of hydrogen-bond donors (Lipinski definition) is 3. The Morgan fingerprint density at radius 2 is 1.55 bits per heavy atom. The van der Waals surface area contributed by atoms with Gasteiger partial charge in [0.05, 0.1) is 11.4 Å². The number of anilines is 3. The van der Waals surface area contributed by atoms with Crippen molar-refractivity contribution in [3.05, 3.63) is 108 Å². The number of nitrogens with one attached hydrogen (secondary N) is 3. The molecular weight excluding hydrogens is 586 g/mol. The van der Waals surface area contributed by atoms with Gasteiger partial charge in [0.25, 0.3) is 0 Å². The van der Waals surface area contributed by atoms with Gasteiger partial charge in [-0.3, -0.25) is 10.1 Å². The molecule has 3 N–H and O–H groups in total. The summed E-state index contributed by atoms with van der Waals surface area (Å²) in [5.41, 5.74) is 4.65. The van der Waals surface area contributed by atoms with Crippen LogP contribution in [-0.4, -0.2) is 18.2 Å². The van der Waals surface area contributed by atoms with Gasteiger partial charge in [0, 0.05) is 28.1 Å². The molecule has 8 heteroatoms. The number of carbonyl (C=O) groups is 2. The second-order valence-electron chi connectivity index (χ2n) is 13.8.